The molecule has 0 aliphatic carbocycles. The number of benzene rings is 2. The Balaban J connectivity index is 1.52. The third-order valence-corrected chi connectivity index (χ3v) is 4.14. The number of hydrogen-bond acceptors (Lipinski definition) is 7. The van der Waals surface area contributed by atoms with E-state index in [1.54, 1.807) is 55.6 Å². The summed E-state index contributed by atoms with van der Waals surface area (Å²) < 4.78 is 10.6. The molecular formula is C21H18N4O6. The maximum Gasteiger partial charge on any atom is 0.329 e. The van der Waals surface area contributed by atoms with Gasteiger partial charge in [0.05, 0.1) is 18.2 Å². The molecule has 0 saturated heterocycles. The lowest BCUT2D eigenvalue weighted by molar-refractivity contribution is -0.384. The normalized spacial score (nSPS) is 10.6. The highest BCUT2D eigenvalue weighted by atomic mass is 16.6. The molecule has 0 atom stereocenters. The minimum Gasteiger partial charge on any atom is -0.497 e. The zero-order valence-electron chi connectivity index (χ0n) is 16.4. The van der Waals surface area contributed by atoms with E-state index >= 15 is 0 Å². The van der Waals surface area contributed by atoms with Gasteiger partial charge in [0.15, 0.2) is 0 Å². The maximum absolute atomic E-state index is 11.9. The number of nitro benzene ring substituents is 1. The van der Waals surface area contributed by atoms with Crippen molar-refractivity contribution in [3.05, 3.63) is 82.1 Å². The number of nitrogens with zero attached hydrogens (tertiary/aromatic N) is 2. The molecule has 2 N–H and O–H groups in total. The van der Waals surface area contributed by atoms with Crippen LogP contribution in [0.25, 0.3) is 11.3 Å². The van der Waals surface area contributed by atoms with Gasteiger partial charge in [-0.15, -0.1) is 0 Å². The molecule has 0 radical (unpaired) electrons. The molecule has 158 valence electrons. The fraction of sp³-hybridized carbons (Fsp3) is 0.0952. The summed E-state index contributed by atoms with van der Waals surface area (Å²) in [5.74, 6) is -0.400. The quantitative estimate of drug-likeness (QED) is 0.260. The van der Waals surface area contributed by atoms with E-state index in [2.05, 4.69) is 15.8 Å². The van der Waals surface area contributed by atoms with E-state index in [1.807, 2.05) is 0 Å². The Bertz CT molecular complexity index is 1120. The SMILES string of the molecule is COc1ccc(CNC(=O)C(=O)N/N=C/c2ccc(-c3cccc([N+](=O)[O-])c3)o2)cc1. The van der Waals surface area contributed by atoms with E-state index in [0.29, 0.717) is 22.8 Å². The van der Waals surface area contributed by atoms with E-state index in [-0.39, 0.29) is 12.2 Å². The van der Waals surface area contributed by atoms with Gasteiger partial charge < -0.3 is 14.5 Å². The lowest BCUT2D eigenvalue weighted by atomic mass is 10.1. The van der Waals surface area contributed by atoms with Crippen LogP contribution in [0.1, 0.15) is 11.3 Å². The molecule has 10 heteroatoms. The molecular weight excluding hydrogens is 404 g/mol. The molecule has 0 spiro atoms. The van der Waals surface area contributed by atoms with Crippen LogP contribution in [0.15, 0.2) is 70.2 Å². The van der Waals surface area contributed by atoms with Crippen LogP contribution < -0.4 is 15.5 Å². The van der Waals surface area contributed by atoms with Crippen molar-refractivity contribution >= 4 is 23.7 Å². The lowest BCUT2D eigenvalue weighted by Gasteiger charge is -2.05. The minimum atomic E-state index is -0.935. The molecule has 2 aromatic carbocycles. The first-order chi connectivity index (χ1) is 15.0. The van der Waals surface area contributed by atoms with Gasteiger partial charge in [-0.25, -0.2) is 5.43 Å². The second-order valence-corrected chi connectivity index (χ2v) is 6.24. The van der Waals surface area contributed by atoms with E-state index in [1.165, 1.54) is 18.3 Å². The number of non-ortho nitro benzene ring substituents is 1. The molecule has 1 aromatic heterocycles. The zero-order valence-corrected chi connectivity index (χ0v) is 16.4. The van der Waals surface area contributed by atoms with Gasteiger partial charge in [-0.1, -0.05) is 24.3 Å². The van der Waals surface area contributed by atoms with Gasteiger partial charge in [0.2, 0.25) is 0 Å². The van der Waals surface area contributed by atoms with E-state index in [9.17, 15) is 19.7 Å². The molecule has 3 rings (SSSR count). The predicted octanol–water partition coefficient (Wildman–Crippen LogP) is 2.63. The van der Waals surface area contributed by atoms with Crippen molar-refractivity contribution in [1.82, 2.24) is 10.7 Å². The number of rotatable bonds is 7. The first-order valence-corrected chi connectivity index (χ1v) is 9.05. The van der Waals surface area contributed by atoms with Crippen molar-refractivity contribution in [2.75, 3.05) is 7.11 Å². The van der Waals surface area contributed by atoms with Crippen LogP contribution in [0.4, 0.5) is 5.69 Å². The number of nitro groups is 1. The van der Waals surface area contributed by atoms with Crippen LogP contribution in [-0.2, 0) is 16.1 Å². The summed E-state index contributed by atoms with van der Waals surface area (Å²) in [4.78, 5) is 34.1. The summed E-state index contributed by atoms with van der Waals surface area (Å²) in [5, 5.41) is 17.0. The van der Waals surface area contributed by atoms with Crippen molar-refractivity contribution in [1.29, 1.82) is 0 Å². The van der Waals surface area contributed by atoms with E-state index in [4.69, 9.17) is 9.15 Å². The Hall–Kier alpha value is -4.47. The third-order valence-electron chi connectivity index (χ3n) is 4.14. The Kier molecular flexibility index (Phi) is 6.74. The standard InChI is InChI=1S/C21H18N4O6/c1-30-17-7-5-14(6-8-17)12-22-20(26)21(27)24-23-13-18-9-10-19(31-18)15-3-2-4-16(11-15)25(28)29/h2-11,13H,12H2,1H3,(H,22,26)(H,24,27)/b23-13+. The van der Waals surface area contributed by atoms with Crippen LogP contribution in [0.5, 0.6) is 5.75 Å². The van der Waals surface area contributed by atoms with Crippen LogP contribution in [0.2, 0.25) is 0 Å². The van der Waals surface area contributed by atoms with Gasteiger partial charge in [0.1, 0.15) is 17.3 Å². The number of methoxy groups -OCH3 is 1. The Morgan fingerprint density at radius 2 is 1.90 bits per heavy atom. The molecule has 31 heavy (non-hydrogen) atoms. The maximum atomic E-state index is 11.9. The van der Waals surface area contributed by atoms with Gasteiger partial charge in [-0.2, -0.15) is 5.10 Å². The monoisotopic (exact) mass is 422 g/mol. The Morgan fingerprint density at radius 3 is 2.61 bits per heavy atom. The van der Waals surface area contributed by atoms with Gasteiger partial charge in [-0.05, 0) is 29.8 Å². The number of hydrogen-bond donors (Lipinski definition) is 2. The van der Waals surface area contributed by atoms with Crippen LogP contribution >= 0.6 is 0 Å². The summed E-state index contributed by atoms with van der Waals surface area (Å²) >= 11 is 0. The highest BCUT2D eigenvalue weighted by Crippen LogP contribution is 2.25. The fourth-order valence-electron chi connectivity index (χ4n) is 2.56. The second-order valence-electron chi connectivity index (χ2n) is 6.24. The molecule has 1 heterocycles. The molecule has 10 nitrogen and oxygen atoms in total. The molecule has 0 aliphatic rings. The highest BCUT2D eigenvalue weighted by molar-refractivity contribution is 6.35. The number of furan rings is 1. The molecule has 2 amide bonds. The zero-order chi connectivity index (χ0) is 22.2. The van der Waals surface area contributed by atoms with Gasteiger partial charge >= 0.3 is 11.8 Å². The molecule has 0 aliphatic heterocycles. The third kappa shape index (κ3) is 5.76. The lowest BCUT2D eigenvalue weighted by Crippen LogP contribution is -2.37. The molecule has 0 saturated carbocycles. The summed E-state index contributed by atoms with van der Waals surface area (Å²) in [5.41, 5.74) is 3.37. The first-order valence-electron chi connectivity index (χ1n) is 9.05. The smallest absolute Gasteiger partial charge is 0.329 e. The molecule has 3 aromatic rings. The predicted molar refractivity (Wildman–Crippen MR) is 111 cm³/mol. The average molecular weight is 422 g/mol. The topological polar surface area (TPSA) is 136 Å². The largest absolute Gasteiger partial charge is 0.497 e. The van der Waals surface area contributed by atoms with Crippen molar-refractivity contribution in [3.8, 4) is 17.1 Å². The summed E-state index contributed by atoms with van der Waals surface area (Å²) in [7, 11) is 1.55. The van der Waals surface area contributed by atoms with Crippen molar-refractivity contribution in [3.63, 3.8) is 0 Å². The molecule has 0 bridgehead atoms. The Morgan fingerprint density at radius 1 is 1.13 bits per heavy atom. The van der Waals surface area contributed by atoms with Crippen molar-refractivity contribution < 1.29 is 23.7 Å². The molecule has 0 unspecified atom stereocenters. The second kappa shape index (κ2) is 9.83. The highest BCUT2D eigenvalue weighted by Gasteiger charge is 2.13. The number of carbonyl (C=O) groups excluding carboxylic acids is 2. The number of carbonyl (C=O) groups is 2. The first kappa shape index (κ1) is 21.2. The Labute approximate surface area is 176 Å². The van der Waals surface area contributed by atoms with Crippen molar-refractivity contribution in [2.45, 2.75) is 6.54 Å². The van der Waals surface area contributed by atoms with E-state index in [0.717, 1.165) is 5.56 Å². The minimum absolute atomic E-state index is 0.0583. The fourth-order valence-corrected chi connectivity index (χ4v) is 2.56. The summed E-state index contributed by atoms with van der Waals surface area (Å²) in [6, 6.07) is 16.2. The summed E-state index contributed by atoms with van der Waals surface area (Å²) in [6.45, 7) is 0.171. The van der Waals surface area contributed by atoms with Gasteiger partial charge in [0, 0.05) is 24.2 Å². The van der Waals surface area contributed by atoms with Crippen LogP contribution in [-0.4, -0.2) is 30.1 Å². The average Bonchev–Trinajstić information content (AvgIpc) is 3.26. The number of ether oxygens (including phenoxy) is 1. The number of nitrogens with one attached hydrogen (secondary N) is 2. The van der Waals surface area contributed by atoms with Crippen LogP contribution in [0.3, 0.4) is 0 Å². The van der Waals surface area contributed by atoms with Crippen LogP contribution in [0, 0.1) is 10.1 Å². The summed E-state index contributed by atoms with van der Waals surface area (Å²) in [6.07, 6.45) is 1.22. The van der Waals surface area contributed by atoms with Gasteiger partial charge in [0.25, 0.3) is 5.69 Å². The number of hydrazone groups is 1. The van der Waals surface area contributed by atoms with E-state index < -0.39 is 16.7 Å². The molecule has 0 fully saturated rings. The number of amides is 2. The van der Waals surface area contributed by atoms with Crippen molar-refractivity contribution in [2.24, 2.45) is 5.10 Å². The van der Waals surface area contributed by atoms with Gasteiger partial charge in [-0.3, -0.25) is 19.7 Å².